The highest BCUT2D eigenvalue weighted by molar-refractivity contribution is 7.91. The van der Waals surface area contributed by atoms with Crippen LogP contribution in [0.3, 0.4) is 0 Å². The van der Waals surface area contributed by atoms with E-state index in [0.717, 1.165) is 12.7 Å². The molecule has 1 unspecified atom stereocenters. The fourth-order valence-corrected chi connectivity index (χ4v) is 5.13. The number of carbonyl (C=O) groups excluding carboxylic acids is 1. The normalized spacial score (nSPS) is 21.2. The molecule has 0 bridgehead atoms. The summed E-state index contributed by atoms with van der Waals surface area (Å²) in [6.45, 7) is 4.19. The standard InChI is InChI=1S/C13H26N2O5S2/c1-4-6-8-14(21(3,17)18)10-13(16)15(5-2)12-7-9-22(19,20)11-12/h12H,4-11H2,1-3H3. The Labute approximate surface area is 133 Å². The maximum Gasteiger partial charge on any atom is 0.238 e. The van der Waals surface area contributed by atoms with Crippen LogP contribution >= 0.6 is 0 Å². The van der Waals surface area contributed by atoms with E-state index >= 15 is 0 Å². The van der Waals surface area contributed by atoms with E-state index in [-0.39, 0.29) is 30.0 Å². The molecule has 1 aliphatic rings. The predicted molar refractivity (Wildman–Crippen MR) is 85.8 cm³/mol. The van der Waals surface area contributed by atoms with Crippen molar-refractivity contribution in [2.24, 2.45) is 0 Å². The Balaban J connectivity index is 2.78. The van der Waals surface area contributed by atoms with Crippen molar-refractivity contribution in [3.8, 4) is 0 Å². The van der Waals surface area contributed by atoms with Crippen molar-refractivity contribution in [3.63, 3.8) is 0 Å². The van der Waals surface area contributed by atoms with Gasteiger partial charge in [0.1, 0.15) is 0 Å². The minimum Gasteiger partial charge on any atom is -0.338 e. The van der Waals surface area contributed by atoms with Crippen LogP contribution in [0.4, 0.5) is 0 Å². The number of carbonyl (C=O) groups is 1. The highest BCUT2D eigenvalue weighted by Crippen LogP contribution is 2.18. The number of hydrogen-bond donors (Lipinski definition) is 0. The van der Waals surface area contributed by atoms with E-state index in [4.69, 9.17) is 0 Å². The number of likely N-dealkylation sites (N-methyl/N-ethyl adjacent to an activating group) is 1. The molecule has 1 saturated heterocycles. The number of hydrogen-bond acceptors (Lipinski definition) is 5. The third kappa shape index (κ3) is 5.51. The average molecular weight is 354 g/mol. The van der Waals surface area contributed by atoms with Crippen molar-refractivity contribution in [1.29, 1.82) is 0 Å². The maximum atomic E-state index is 12.4. The van der Waals surface area contributed by atoms with Crippen LogP contribution in [-0.4, -0.2) is 75.4 Å². The van der Waals surface area contributed by atoms with Gasteiger partial charge in [-0.1, -0.05) is 13.3 Å². The van der Waals surface area contributed by atoms with Crippen molar-refractivity contribution in [3.05, 3.63) is 0 Å². The van der Waals surface area contributed by atoms with Crippen LogP contribution < -0.4 is 0 Å². The van der Waals surface area contributed by atoms with Crippen LogP contribution in [0.1, 0.15) is 33.1 Å². The molecule has 1 atom stereocenters. The quantitative estimate of drug-likeness (QED) is 0.616. The van der Waals surface area contributed by atoms with Gasteiger partial charge in [0.15, 0.2) is 9.84 Å². The molecular weight excluding hydrogens is 328 g/mol. The van der Waals surface area contributed by atoms with Crippen LogP contribution in [0.5, 0.6) is 0 Å². The van der Waals surface area contributed by atoms with Crippen LogP contribution in [0.15, 0.2) is 0 Å². The summed E-state index contributed by atoms with van der Waals surface area (Å²) in [6, 6.07) is -0.338. The van der Waals surface area contributed by atoms with Gasteiger partial charge in [0.25, 0.3) is 0 Å². The monoisotopic (exact) mass is 354 g/mol. The van der Waals surface area contributed by atoms with Crippen LogP contribution in [0.25, 0.3) is 0 Å². The van der Waals surface area contributed by atoms with E-state index in [1.165, 1.54) is 9.21 Å². The molecule has 1 fully saturated rings. The molecule has 0 aromatic heterocycles. The summed E-state index contributed by atoms with van der Waals surface area (Å²) in [5.41, 5.74) is 0. The van der Waals surface area contributed by atoms with E-state index in [1.807, 2.05) is 6.92 Å². The Morgan fingerprint density at radius 3 is 2.32 bits per heavy atom. The second-order valence-electron chi connectivity index (χ2n) is 5.69. The van der Waals surface area contributed by atoms with Gasteiger partial charge in [0.2, 0.25) is 15.9 Å². The van der Waals surface area contributed by atoms with E-state index < -0.39 is 19.9 Å². The molecule has 0 aromatic rings. The molecule has 0 aliphatic carbocycles. The van der Waals surface area contributed by atoms with Crippen LogP contribution in [0.2, 0.25) is 0 Å². The molecule has 0 radical (unpaired) electrons. The number of unbranched alkanes of at least 4 members (excludes halogenated alkanes) is 1. The van der Waals surface area contributed by atoms with Gasteiger partial charge < -0.3 is 4.90 Å². The molecule has 1 aliphatic heterocycles. The third-order valence-corrected chi connectivity index (χ3v) is 6.85. The molecule has 1 amide bonds. The van der Waals surface area contributed by atoms with Crippen LogP contribution in [-0.2, 0) is 24.7 Å². The molecule has 1 heterocycles. The highest BCUT2D eigenvalue weighted by atomic mass is 32.2. The number of rotatable bonds is 8. The van der Waals surface area contributed by atoms with Gasteiger partial charge in [0, 0.05) is 19.1 Å². The maximum absolute atomic E-state index is 12.4. The Morgan fingerprint density at radius 1 is 1.27 bits per heavy atom. The number of nitrogens with zero attached hydrogens (tertiary/aromatic N) is 2. The molecular formula is C13H26N2O5S2. The predicted octanol–water partition coefficient (Wildman–Crippen LogP) is 0.0837. The zero-order valence-corrected chi connectivity index (χ0v) is 15.1. The first-order valence-corrected chi connectivity index (χ1v) is 11.2. The lowest BCUT2D eigenvalue weighted by Crippen LogP contribution is -2.47. The van der Waals surface area contributed by atoms with Gasteiger partial charge in [-0.2, -0.15) is 4.31 Å². The number of sulfone groups is 1. The Bertz CT molecular complexity index is 586. The Kier molecular flexibility index (Phi) is 6.82. The van der Waals surface area contributed by atoms with Gasteiger partial charge in [-0.05, 0) is 19.8 Å². The second-order valence-corrected chi connectivity index (χ2v) is 9.90. The van der Waals surface area contributed by atoms with Gasteiger partial charge in [-0.25, -0.2) is 16.8 Å². The highest BCUT2D eigenvalue weighted by Gasteiger charge is 2.34. The van der Waals surface area contributed by atoms with E-state index in [1.54, 1.807) is 6.92 Å². The summed E-state index contributed by atoms with van der Waals surface area (Å²) in [4.78, 5) is 13.9. The first-order valence-electron chi connectivity index (χ1n) is 7.55. The summed E-state index contributed by atoms with van der Waals surface area (Å²) >= 11 is 0. The molecule has 22 heavy (non-hydrogen) atoms. The lowest BCUT2D eigenvalue weighted by Gasteiger charge is -2.29. The van der Waals surface area contributed by atoms with Gasteiger partial charge in [-0.15, -0.1) is 0 Å². The van der Waals surface area contributed by atoms with E-state index in [0.29, 0.717) is 25.9 Å². The van der Waals surface area contributed by atoms with Crippen molar-refractivity contribution in [2.75, 3.05) is 37.4 Å². The minimum atomic E-state index is -3.45. The Hall–Kier alpha value is -0.670. The molecule has 0 spiro atoms. The third-order valence-electron chi connectivity index (χ3n) is 3.85. The molecule has 0 saturated carbocycles. The molecule has 1 rings (SSSR count). The fourth-order valence-electron chi connectivity index (χ4n) is 2.60. The Morgan fingerprint density at radius 2 is 1.91 bits per heavy atom. The second kappa shape index (κ2) is 7.74. The van der Waals surface area contributed by atoms with E-state index in [2.05, 4.69) is 0 Å². The molecule has 7 nitrogen and oxygen atoms in total. The SMILES string of the molecule is CCCCN(CC(=O)N(CC)C1CCS(=O)(=O)C1)S(C)(=O)=O. The van der Waals surface area contributed by atoms with Crippen molar-refractivity contribution < 1.29 is 21.6 Å². The van der Waals surface area contributed by atoms with Crippen LogP contribution in [0, 0.1) is 0 Å². The molecule has 0 N–H and O–H groups in total. The van der Waals surface area contributed by atoms with Crippen molar-refractivity contribution in [1.82, 2.24) is 9.21 Å². The lowest BCUT2D eigenvalue weighted by molar-refractivity contribution is -0.133. The van der Waals surface area contributed by atoms with Crippen molar-refractivity contribution >= 4 is 25.8 Å². The van der Waals surface area contributed by atoms with Gasteiger partial charge >= 0.3 is 0 Å². The zero-order chi connectivity index (χ0) is 17.0. The number of amides is 1. The van der Waals surface area contributed by atoms with E-state index in [9.17, 15) is 21.6 Å². The zero-order valence-electron chi connectivity index (χ0n) is 13.5. The summed E-state index contributed by atoms with van der Waals surface area (Å²) in [7, 11) is -6.53. The first-order chi connectivity index (χ1) is 10.1. The van der Waals surface area contributed by atoms with Crippen molar-refractivity contribution in [2.45, 2.75) is 39.2 Å². The summed E-state index contributed by atoms with van der Waals surface area (Å²) in [5, 5.41) is 0. The molecule has 0 aromatic carbocycles. The number of sulfonamides is 1. The summed E-state index contributed by atoms with van der Waals surface area (Å²) in [5.74, 6) is -0.265. The fraction of sp³-hybridized carbons (Fsp3) is 0.923. The average Bonchev–Trinajstić information content (AvgIpc) is 2.74. The molecule has 9 heteroatoms. The largest absolute Gasteiger partial charge is 0.338 e. The summed E-state index contributed by atoms with van der Waals surface area (Å²) < 4.78 is 47.8. The minimum absolute atomic E-state index is 0.0274. The first kappa shape index (κ1) is 19.4. The summed E-state index contributed by atoms with van der Waals surface area (Å²) in [6.07, 6.45) is 3.03. The van der Waals surface area contributed by atoms with Gasteiger partial charge in [0.05, 0.1) is 24.3 Å². The topological polar surface area (TPSA) is 91.8 Å². The smallest absolute Gasteiger partial charge is 0.238 e. The van der Waals surface area contributed by atoms with Gasteiger partial charge in [-0.3, -0.25) is 4.79 Å². The lowest BCUT2D eigenvalue weighted by atomic mass is 10.2. The molecule has 130 valence electrons.